The molecule has 1 aromatic rings. The lowest BCUT2D eigenvalue weighted by Crippen LogP contribution is -2.19. The Labute approximate surface area is 124 Å². The molecule has 0 amide bonds. The second kappa shape index (κ2) is 6.17. The summed E-state index contributed by atoms with van der Waals surface area (Å²) in [5.41, 5.74) is 2.73. The molecule has 0 bridgehead atoms. The number of benzene rings is 1. The molecule has 0 aliphatic heterocycles. The smallest absolute Gasteiger partial charge is 0.123 e. The maximum absolute atomic E-state index is 9.11. The van der Waals surface area contributed by atoms with Crippen molar-refractivity contribution in [3.05, 3.63) is 29.3 Å². The third-order valence-electron chi connectivity index (χ3n) is 3.49. The van der Waals surface area contributed by atoms with Gasteiger partial charge in [0.05, 0.1) is 6.61 Å². The van der Waals surface area contributed by atoms with Crippen molar-refractivity contribution in [2.24, 2.45) is 5.92 Å². The van der Waals surface area contributed by atoms with Crippen LogP contribution in [0.4, 0.5) is 0 Å². The topological polar surface area (TPSA) is 29.5 Å². The van der Waals surface area contributed by atoms with Crippen LogP contribution in [0.25, 0.3) is 0 Å². The lowest BCUT2D eigenvalue weighted by molar-refractivity contribution is 0.172. The van der Waals surface area contributed by atoms with E-state index in [2.05, 4.69) is 59.7 Å². The van der Waals surface area contributed by atoms with Gasteiger partial charge >= 0.3 is 0 Å². The summed E-state index contributed by atoms with van der Waals surface area (Å²) in [5, 5.41) is 9.11. The van der Waals surface area contributed by atoms with Gasteiger partial charge in [-0.1, -0.05) is 60.6 Å². The van der Waals surface area contributed by atoms with Crippen LogP contribution in [0.15, 0.2) is 18.2 Å². The van der Waals surface area contributed by atoms with Crippen molar-refractivity contribution in [1.82, 2.24) is 0 Å². The highest BCUT2D eigenvalue weighted by atomic mass is 16.5. The standard InChI is InChI=1S/C18H30O2/c1-13(11-19)12-20-16-9-8-14(17(2,3)4)10-15(16)18(5,6)7/h8-10,13,19H,11-12H2,1-7H3. The summed E-state index contributed by atoms with van der Waals surface area (Å²) in [6, 6.07) is 6.48. The highest BCUT2D eigenvalue weighted by Gasteiger charge is 2.23. The van der Waals surface area contributed by atoms with E-state index in [1.807, 2.05) is 6.92 Å². The van der Waals surface area contributed by atoms with E-state index in [1.165, 1.54) is 11.1 Å². The molecule has 0 spiro atoms. The maximum Gasteiger partial charge on any atom is 0.123 e. The molecule has 0 radical (unpaired) electrons. The van der Waals surface area contributed by atoms with Crippen LogP contribution in [-0.2, 0) is 10.8 Å². The normalized spacial score (nSPS) is 14.2. The average Bonchev–Trinajstić information content (AvgIpc) is 2.33. The SMILES string of the molecule is CC(CO)COc1ccc(C(C)(C)C)cc1C(C)(C)C. The summed E-state index contributed by atoms with van der Waals surface area (Å²) >= 11 is 0. The average molecular weight is 278 g/mol. The minimum absolute atomic E-state index is 0.0407. The lowest BCUT2D eigenvalue weighted by Gasteiger charge is -2.27. The van der Waals surface area contributed by atoms with Gasteiger partial charge in [-0.25, -0.2) is 0 Å². The molecular weight excluding hydrogens is 248 g/mol. The Kier molecular flexibility index (Phi) is 5.26. The first-order chi connectivity index (χ1) is 9.05. The van der Waals surface area contributed by atoms with Gasteiger partial charge in [-0.15, -0.1) is 0 Å². The molecule has 2 heteroatoms. The van der Waals surface area contributed by atoms with Crippen molar-refractivity contribution in [2.45, 2.75) is 59.3 Å². The van der Waals surface area contributed by atoms with E-state index in [0.717, 1.165) is 5.75 Å². The first-order valence-corrected chi connectivity index (χ1v) is 7.44. The second-order valence-electron chi connectivity index (χ2n) is 7.81. The Hall–Kier alpha value is -1.02. The fourth-order valence-electron chi connectivity index (χ4n) is 1.99. The molecular formula is C18H30O2. The van der Waals surface area contributed by atoms with Gasteiger partial charge in [-0.3, -0.25) is 0 Å². The van der Waals surface area contributed by atoms with Gasteiger partial charge in [0.1, 0.15) is 5.75 Å². The van der Waals surface area contributed by atoms with Crippen LogP contribution in [0.3, 0.4) is 0 Å². The van der Waals surface area contributed by atoms with Crippen molar-refractivity contribution < 1.29 is 9.84 Å². The van der Waals surface area contributed by atoms with E-state index in [4.69, 9.17) is 9.84 Å². The summed E-state index contributed by atoms with van der Waals surface area (Å²) < 4.78 is 5.92. The Bertz CT molecular complexity index is 436. The van der Waals surface area contributed by atoms with Crippen molar-refractivity contribution in [1.29, 1.82) is 0 Å². The summed E-state index contributed by atoms with van der Waals surface area (Å²) in [6.07, 6.45) is 0. The molecule has 0 saturated heterocycles. The Morgan fingerprint density at radius 3 is 2.10 bits per heavy atom. The van der Waals surface area contributed by atoms with Gasteiger partial charge < -0.3 is 9.84 Å². The number of hydrogen-bond acceptors (Lipinski definition) is 2. The molecule has 0 fully saturated rings. The van der Waals surface area contributed by atoms with E-state index in [9.17, 15) is 0 Å². The third-order valence-corrected chi connectivity index (χ3v) is 3.49. The summed E-state index contributed by atoms with van der Waals surface area (Å²) in [6.45, 7) is 16.0. The maximum atomic E-state index is 9.11. The van der Waals surface area contributed by atoms with E-state index in [1.54, 1.807) is 0 Å². The zero-order valence-corrected chi connectivity index (χ0v) is 14.1. The van der Waals surface area contributed by atoms with Crippen LogP contribution in [0, 0.1) is 5.92 Å². The van der Waals surface area contributed by atoms with E-state index in [0.29, 0.717) is 6.61 Å². The molecule has 1 rings (SSSR count). The second-order valence-corrected chi connectivity index (χ2v) is 7.81. The van der Waals surface area contributed by atoms with Crippen molar-refractivity contribution in [3.8, 4) is 5.75 Å². The Morgan fingerprint density at radius 1 is 1.05 bits per heavy atom. The molecule has 1 N–H and O–H groups in total. The van der Waals surface area contributed by atoms with Crippen molar-refractivity contribution >= 4 is 0 Å². The minimum atomic E-state index is 0.0407. The van der Waals surface area contributed by atoms with Gasteiger partial charge in [0.15, 0.2) is 0 Å². The van der Waals surface area contributed by atoms with Crippen LogP contribution in [0.1, 0.15) is 59.6 Å². The summed E-state index contributed by atoms with van der Waals surface area (Å²) in [4.78, 5) is 0. The van der Waals surface area contributed by atoms with Crippen molar-refractivity contribution in [3.63, 3.8) is 0 Å². The molecule has 0 saturated carbocycles. The number of aliphatic hydroxyl groups is 1. The molecule has 1 unspecified atom stereocenters. The predicted octanol–water partition coefficient (Wildman–Crippen LogP) is 4.29. The first kappa shape index (κ1) is 17.0. The van der Waals surface area contributed by atoms with E-state index in [-0.39, 0.29) is 23.4 Å². The largest absolute Gasteiger partial charge is 0.493 e. The molecule has 2 nitrogen and oxygen atoms in total. The first-order valence-electron chi connectivity index (χ1n) is 7.44. The van der Waals surface area contributed by atoms with Gasteiger partial charge in [0.25, 0.3) is 0 Å². The number of ether oxygens (including phenoxy) is 1. The monoisotopic (exact) mass is 278 g/mol. The zero-order valence-electron chi connectivity index (χ0n) is 14.1. The van der Waals surface area contributed by atoms with Gasteiger partial charge in [0, 0.05) is 12.5 Å². The zero-order chi connectivity index (χ0) is 15.6. The fourth-order valence-corrected chi connectivity index (χ4v) is 1.99. The van der Waals surface area contributed by atoms with Crippen LogP contribution >= 0.6 is 0 Å². The minimum Gasteiger partial charge on any atom is -0.493 e. The number of aliphatic hydroxyl groups excluding tert-OH is 1. The van der Waals surface area contributed by atoms with Crippen LogP contribution < -0.4 is 4.74 Å². The molecule has 0 aromatic heterocycles. The summed E-state index contributed by atoms with van der Waals surface area (Å²) in [5.74, 6) is 1.09. The van der Waals surface area contributed by atoms with Crippen LogP contribution in [0.5, 0.6) is 5.75 Å². The molecule has 114 valence electrons. The Morgan fingerprint density at radius 2 is 1.65 bits per heavy atom. The van der Waals surface area contributed by atoms with Gasteiger partial charge in [-0.05, 0) is 28.0 Å². The fraction of sp³-hybridized carbons (Fsp3) is 0.667. The number of rotatable bonds is 4. The molecule has 0 heterocycles. The number of hydrogen-bond donors (Lipinski definition) is 1. The van der Waals surface area contributed by atoms with Crippen LogP contribution in [-0.4, -0.2) is 18.3 Å². The van der Waals surface area contributed by atoms with Gasteiger partial charge in [-0.2, -0.15) is 0 Å². The van der Waals surface area contributed by atoms with E-state index < -0.39 is 0 Å². The highest BCUT2D eigenvalue weighted by molar-refractivity contribution is 5.43. The predicted molar refractivity (Wildman–Crippen MR) is 85.6 cm³/mol. The molecule has 20 heavy (non-hydrogen) atoms. The molecule has 1 atom stereocenters. The molecule has 1 aromatic carbocycles. The van der Waals surface area contributed by atoms with Gasteiger partial charge in [0.2, 0.25) is 0 Å². The molecule has 0 aliphatic rings. The molecule has 0 aliphatic carbocycles. The Balaban J connectivity index is 3.12. The van der Waals surface area contributed by atoms with Crippen LogP contribution in [0.2, 0.25) is 0 Å². The lowest BCUT2D eigenvalue weighted by atomic mass is 9.80. The van der Waals surface area contributed by atoms with E-state index >= 15 is 0 Å². The third kappa shape index (κ3) is 4.52. The summed E-state index contributed by atoms with van der Waals surface area (Å²) in [7, 11) is 0. The van der Waals surface area contributed by atoms with Crippen molar-refractivity contribution in [2.75, 3.05) is 13.2 Å². The quantitative estimate of drug-likeness (QED) is 0.890. The highest BCUT2D eigenvalue weighted by Crippen LogP contribution is 2.35.